The average molecular weight is 431 g/mol. The summed E-state index contributed by atoms with van der Waals surface area (Å²) in [6.07, 6.45) is 5.31. The van der Waals surface area contributed by atoms with E-state index in [0.29, 0.717) is 5.75 Å². The molecule has 0 amide bonds. The van der Waals surface area contributed by atoms with E-state index in [1.807, 2.05) is 6.07 Å². The fraction of sp³-hybridized carbons (Fsp3) is 0.417. The molecule has 0 heterocycles. The van der Waals surface area contributed by atoms with Crippen LogP contribution in [0.1, 0.15) is 48.8 Å². The van der Waals surface area contributed by atoms with Gasteiger partial charge in [0.25, 0.3) is 0 Å². The fourth-order valence-electron chi connectivity index (χ4n) is 3.34. The number of aryl methyl sites for hydroxylation is 1. The first-order valence-electron chi connectivity index (χ1n) is 10.3. The third-order valence-electron chi connectivity index (χ3n) is 5.02. The van der Waals surface area contributed by atoms with E-state index >= 15 is 0 Å². The summed E-state index contributed by atoms with van der Waals surface area (Å²) in [5, 5.41) is 27.8. The van der Waals surface area contributed by atoms with Gasteiger partial charge in [0.05, 0.1) is 6.42 Å². The van der Waals surface area contributed by atoms with Crippen LogP contribution in [0.15, 0.2) is 54.6 Å². The molecule has 0 saturated carbocycles. The molecule has 6 heteroatoms. The summed E-state index contributed by atoms with van der Waals surface area (Å²) in [6.45, 7) is 0. The zero-order valence-electron chi connectivity index (χ0n) is 17.1. The molecule has 0 aliphatic heterocycles. The number of hydrogen-bond acceptors (Lipinski definition) is 4. The quantitative estimate of drug-likeness (QED) is 0.385. The summed E-state index contributed by atoms with van der Waals surface area (Å²) >= 11 is 1.29. The van der Waals surface area contributed by atoms with Crippen LogP contribution < -0.4 is 0 Å². The van der Waals surface area contributed by atoms with Crippen molar-refractivity contribution in [3.63, 3.8) is 0 Å². The normalized spacial score (nSPS) is 13.0. The molecule has 0 unspecified atom stereocenters. The van der Waals surface area contributed by atoms with Crippen molar-refractivity contribution in [2.24, 2.45) is 0 Å². The van der Waals surface area contributed by atoms with Crippen LogP contribution in [0.5, 0.6) is 0 Å². The van der Waals surface area contributed by atoms with E-state index < -0.39 is 24.0 Å². The number of aliphatic carboxylic acids is 2. The van der Waals surface area contributed by atoms with Crippen molar-refractivity contribution in [2.75, 3.05) is 11.5 Å². The topological polar surface area (TPSA) is 94.8 Å². The van der Waals surface area contributed by atoms with Crippen LogP contribution in [0.2, 0.25) is 0 Å². The standard InChI is InChI=1S/C24H30O5S/c25-22(26)17-24(29,23(27)28)18-30-15-9-2-1-6-12-20-13-7-8-14-21(20)16-19-10-4-3-5-11-19/h3-5,7-8,10-11,13-14,29H,1-2,6,9,12,15-18H2,(H,25,26)(H,27,28)/t24-/m1/s1. The number of thioether (sulfide) groups is 1. The van der Waals surface area contributed by atoms with Crippen molar-refractivity contribution in [3.8, 4) is 0 Å². The van der Waals surface area contributed by atoms with Gasteiger partial charge in [-0.15, -0.1) is 0 Å². The Morgan fingerprint density at radius 1 is 0.833 bits per heavy atom. The molecule has 3 N–H and O–H groups in total. The molecule has 0 bridgehead atoms. The van der Waals surface area contributed by atoms with Gasteiger partial charge < -0.3 is 15.3 Å². The van der Waals surface area contributed by atoms with Crippen molar-refractivity contribution >= 4 is 23.7 Å². The summed E-state index contributed by atoms with van der Waals surface area (Å²) in [7, 11) is 0. The summed E-state index contributed by atoms with van der Waals surface area (Å²) in [4.78, 5) is 21.8. The minimum Gasteiger partial charge on any atom is -0.481 e. The number of carbonyl (C=O) groups is 2. The van der Waals surface area contributed by atoms with Crippen LogP contribution in [0.4, 0.5) is 0 Å². The number of benzene rings is 2. The summed E-state index contributed by atoms with van der Waals surface area (Å²) in [6, 6.07) is 19.0. The van der Waals surface area contributed by atoms with E-state index in [1.165, 1.54) is 28.5 Å². The molecule has 1 atom stereocenters. The minimum absolute atomic E-state index is 0.110. The Morgan fingerprint density at radius 2 is 1.47 bits per heavy atom. The molecule has 30 heavy (non-hydrogen) atoms. The lowest BCUT2D eigenvalue weighted by Crippen LogP contribution is -2.43. The summed E-state index contributed by atoms with van der Waals surface area (Å²) < 4.78 is 0. The molecule has 0 fully saturated rings. The Kier molecular flexibility index (Phi) is 9.91. The number of hydrogen-bond donors (Lipinski definition) is 3. The van der Waals surface area contributed by atoms with Crippen molar-refractivity contribution in [3.05, 3.63) is 71.3 Å². The molecule has 2 aromatic carbocycles. The van der Waals surface area contributed by atoms with E-state index in [1.54, 1.807) is 0 Å². The van der Waals surface area contributed by atoms with E-state index in [4.69, 9.17) is 10.2 Å². The Hall–Kier alpha value is -2.31. The van der Waals surface area contributed by atoms with E-state index in [9.17, 15) is 14.7 Å². The molecule has 0 aliphatic carbocycles. The number of carboxylic acids is 2. The monoisotopic (exact) mass is 430 g/mol. The predicted molar refractivity (Wildman–Crippen MR) is 120 cm³/mol. The highest BCUT2D eigenvalue weighted by molar-refractivity contribution is 7.99. The molecule has 0 aliphatic rings. The van der Waals surface area contributed by atoms with Crippen molar-refractivity contribution < 1.29 is 24.9 Å². The SMILES string of the molecule is O=C(O)C[C@@](O)(CSCCCCCCc1ccccc1Cc1ccccc1)C(=O)O. The maximum atomic E-state index is 11.1. The highest BCUT2D eigenvalue weighted by Crippen LogP contribution is 2.21. The number of unbranched alkanes of at least 4 members (excludes halogenated alkanes) is 3. The number of rotatable bonds is 14. The van der Waals surface area contributed by atoms with Crippen LogP contribution in [0.3, 0.4) is 0 Å². The average Bonchev–Trinajstić information content (AvgIpc) is 2.71. The van der Waals surface area contributed by atoms with Crippen LogP contribution in [-0.4, -0.2) is 44.4 Å². The van der Waals surface area contributed by atoms with Gasteiger partial charge in [-0.2, -0.15) is 11.8 Å². The molecule has 5 nitrogen and oxygen atoms in total. The zero-order chi connectivity index (χ0) is 21.8. The Bertz CT molecular complexity index is 808. The first kappa shape index (κ1) is 24.0. The van der Waals surface area contributed by atoms with E-state index in [0.717, 1.165) is 38.5 Å². The molecular formula is C24H30O5S. The molecular weight excluding hydrogens is 400 g/mol. The van der Waals surface area contributed by atoms with Gasteiger partial charge in [0, 0.05) is 5.75 Å². The van der Waals surface area contributed by atoms with Crippen LogP contribution in [0, 0.1) is 0 Å². The van der Waals surface area contributed by atoms with Gasteiger partial charge in [0.15, 0.2) is 5.60 Å². The maximum Gasteiger partial charge on any atom is 0.337 e. The van der Waals surface area contributed by atoms with Gasteiger partial charge >= 0.3 is 11.9 Å². The largest absolute Gasteiger partial charge is 0.481 e. The number of aliphatic hydroxyl groups is 1. The molecule has 0 spiro atoms. The zero-order valence-corrected chi connectivity index (χ0v) is 17.9. The highest BCUT2D eigenvalue weighted by atomic mass is 32.2. The van der Waals surface area contributed by atoms with Crippen LogP contribution in [0.25, 0.3) is 0 Å². The molecule has 2 aromatic rings. The minimum atomic E-state index is -2.20. The molecule has 162 valence electrons. The van der Waals surface area contributed by atoms with E-state index in [2.05, 4.69) is 48.5 Å². The Labute approximate surface area is 182 Å². The van der Waals surface area contributed by atoms with Crippen molar-refractivity contribution in [1.29, 1.82) is 0 Å². The van der Waals surface area contributed by atoms with Gasteiger partial charge in [0.1, 0.15) is 0 Å². The van der Waals surface area contributed by atoms with Crippen LogP contribution >= 0.6 is 11.8 Å². The first-order chi connectivity index (χ1) is 14.4. The highest BCUT2D eigenvalue weighted by Gasteiger charge is 2.38. The molecule has 0 aromatic heterocycles. The molecule has 0 saturated heterocycles. The summed E-state index contributed by atoms with van der Waals surface area (Å²) in [5.74, 6) is -2.19. The van der Waals surface area contributed by atoms with Gasteiger partial charge in [0.2, 0.25) is 0 Å². The molecule has 2 rings (SSSR count). The van der Waals surface area contributed by atoms with E-state index in [-0.39, 0.29) is 5.75 Å². The van der Waals surface area contributed by atoms with Crippen LogP contribution in [-0.2, 0) is 22.4 Å². The number of carboxylic acid groups (broad SMARTS) is 2. The lowest BCUT2D eigenvalue weighted by molar-refractivity contribution is -0.162. The first-order valence-corrected chi connectivity index (χ1v) is 11.4. The van der Waals surface area contributed by atoms with Gasteiger partial charge in [-0.05, 0) is 48.1 Å². The smallest absolute Gasteiger partial charge is 0.337 e. The fourth-order valence-corrected chi connectivity index (χ4v) is 4.46. The lowest BCUT2D eigenvalue weighted by atomic mass is 9.96. The van der Waals surface area contributed by atoms with Crippen molar-refractivity contribution in [2.45, 2.75) is 50.5 Å². The maximum absolute atomic E-state index is 11.1. The third kappa shape index (κ3) is 8.20. The second kappa shape index (κ2) is 12.4. The third-order valence-corrected chi connectivity index (χ3v) is 6.28. The van der Waals surface area contributed by atoms with Gasteiger partial charge in [-0.25, -0.2) is 4.79 Å². The molecule has 0 radical (unpaired) electrons. The predicted octanol–water partition coefficient (Wildman–Crippen LogP) is 4.40. The van der Waals surface area contributed by atoms with Crippen molar-refractivity contribution in [1.82, 2.24) is 0 Å². The van der Waals surface area contributed by atoms with Gasteiger partial charge in [-0.3, -0.25) is 4.79 Å². The van der Waals surface area contributed by atoms with Gasteiger partial charge in [-0.1, -0.05) is 67.4 Å². The Morgan fingerprint density at radius 3 is 2.13 bits per heavy atom. The lowest BCUT2D eigenvalue weighted by Gasteiger charge is -2.20. The summed E-state index contributed by atoms with van der Waals surface area (Å²) in [5.41, 5.74) is 1.87. The second-order valence-corrected chi connectivity index (χ2v) is 8.66. The Balaban J connectivity index is 1.67. The second-order valence-electron chi connectivity index (χ2n) is 7.56.